The standard InChI is InChI=1S/C15H14FN5O3S/c1-10-19-14(9-21(10)2)25(22,23)20-11-7-17-15(18-8-11)24-13-6-4-3-5-12(13)16/h3-9,20H,1-2H3. The number of nitrogens with zero attached hydrogens (tertiary/aromatic N) is 4. The Labute approximate surface area is 143 Å². The zero-order chi connectivity index (χ0) is 18.0. The molecule has 2 heterocycles. The van der Waals surface area contributed by atoms with Crippen molar-refractivity contribution in [2.75, 3.05) is 4.72 Å². The van der Waals surface area contributed by atoms with Gasteiger partial charge in [0.1, 0.15) is 5.82 Å². The number of rotatable bonds is 5. The number of imidazole rings is 1. The van der Waals surface area contributed by atoms with Gasteiger partial charge in [-0.2, -0.15) is 8.42 Å². The molecule has 3 aromatic rings. The molecule has 0 unspecified atom stereocenters. The Bertz CT molecular complexity index is 983. The SMILES string of the molecule is Cc1nc(S(=O)(=O)Nc2cnc(Oc3ccccc3F)nc2)cn1C. The predicted molar refractivity (Wildman–Crippen MR) is 87.3 cm³/mol. The van der Waals surface area contributed by atoms with Crippen LogP contribution >= 0.6 is 0 Å². The lowest BCUT2D eigenvalue weighted by Gasteiger charge is -2.07. The van der Waals surface area contributed by atoms with Gasteiger partial charge in [0.15, 0.2) is 16.6 Å². The van der Waals surface area contributed by atoms with Gasteiger partial charge in [0.05, 0.1) is 18.1 Å². The first-order valence-corrected chi connectivity index (χ1v) is 8.61. The van der Waals surface area contributed by atoms with Gasteiger partial charge >= 0.3 is 6.01 Å². The monoisotopic (exact) mass is 363 g/mol. The molecule has 0 atom stereocenters. The molecule has 0 saturated heterocycles. The van der Waals surface area contributed by atoms with Crippen molar-refractivity contribution in [3.05, 3.63) is 54.5 Å². The first-order valence-electron chi connectivity index (χ1n) is 7.12. The van der Waals surface area contributed by atoms with E-state index >= 15 is 0 Å². The van der Waals surface area contributed by atoms with Crippen LogP contribution in [0, 0.1) is 12.7 Å². The van der Waals surface area contributed by atoms with Crippen molar-refractivity contribution in [2.45, 2.75) is 11.9 Å². The van der Waals surface area contributed by atoms with Crippen LogP contribution in [0.3, 0.4) is 0 Å². The van der Waals surface area contributed by atoms with Gasteiger partial charge < -0.3 is 9.30 Å². The maximum Gasteiger partial charge on any atom is 0.322 e. The number of hydrogen-bond donors (Lipinski definition) is 1. The van der Waals surface area contributed by atoms with Gasteiger partial charge in [0.25, 0.3) is 10.0 Å². The molecule has 0 aliphatic heterocycles. The van der Waals surface area contributed by atoms with E-state index in [0.29, 0.717) is 5.82 Å². The maximum atomic E-state index is 13.5. The molecule has 0 radical (unpaired) electrons. The zero-order valence-corrected chi connectivity index (χ0v) is 14.2. The molecule has 25 heavy (non-hydrogen) atoms. The van der Waals surface area contributed by atoms with E-state index in [1.165, 1.54) is 36.8 Å². The number of anilines is 1. The molecule has 0 bridgehead atoms. The summed E-state index contributed by atoms with van der Waals surface area (Å²) in [4.78, 5) is 11.7. The largest absolute Gasteiger partial charge is 0.421 e. The number of aryl methyl sites for hydroxylation is 2. The summed E-state index contributed by atoms with van der Waals surface area (Å²) in [5, 5.41) is -0.112. The number of para-hydroxylation sites is 1. The van der Waals surface area contributed by atoms with Gasteiger partial charge in [-0.05, 0) is 19.1 Å². The van der Waals surface area contributed by atoms with Crippen LogP contribution in [0.2, 0.25) is 0 Å². The number of sulfonamides is 1. The molecule has 8 nitrogen and oxygen atoms in total. The van der Waals surface area contributed by atoms with Gasteiger partial charge in [-0.25, -0.2) is 19.3 Å². The average molecular weight is 363 g/mol. The molecule has 0 spiro atoms. The lowest BCUT2D eigenvalue weighted by atomic mass is 10.3. The average Bonchev–Trinajstić information content (AvgIpc) is 2.91. The van der Waals surface area contributed by atoms with Crippen LogP contribution in [0.15, 0.2) is 47.9 Å². The molecule has 2 aromatic heterocycles. The topological polar surface area (TPSA) is 99.0 Å². The highest BCUT2D eigenvalue weighted by molar-refractivity contribution is 7.92. The van der Waals surface area contributed by atoms with Crippen molar-refractivity contribution in [1.82, 2.24) is 19.5 Å². The summed E-state index contributed by atoms with van der Waals surface area (Å²) < 4.78 is 47.2. The fourth-order valence-electron chi connectivity index (χ4n) is 1.91. The van der Waals surface area contributed by atoms with Crippen LogP contribution in [-0.4, -0.2) is 27.9 Å². The van der Waals surface area contributed by atoms with E-state index in [1.54, 1.807) is 24.6 Å². The van der Waals surface area contributed by atoms with E-state index in [-0.39, 0.29) is 22.5 Å². The molecule has 1 N–H and O–H groups in total. The van der Waals surface area contributed by atoms with Crippen molar-refractivity contribution in [2.24, 2.45) is 7.05 Å². The summed E-state index contributed by atoms with van der Waals surface area (Å²) in [6.07, 6.45) is 3.83. The van der Waals surface area contributed by atoms with E-state index in [1.807, 2.05) is 0 Å². The summed E-state index contributed by atoms with van der Waals surface area (Å²) in [7, 11) is -2.16. The van der Waals surface area contributed by atoms with Crippen LogP contribution in [-0.2, 0) is 17.1 Å². The number of hydrogen-bond acceptors (Lipinski definition) is 6. The van der Waals surface area contributed by atoms with Crippen LogP contribution in [0.25, 0.3) is 0 Å². The van der Waals surface area contributed by atoms with Crippen LogP contribution in [0.1, 0.15) is 5.82 Å². The Kier molecular flexibility index (Phi) is 4.36. The van der Waals surface area contributed by atoms with Gasteiger partial charge in [0.2, 0.25) is 0 Å². The molecule has 130 valence electrons. The normalized spacial score (nSPS) is 11.3. The molecule has 0 saturated carbocycles. The molecular formula is C15H14FN5O3S. The van der Waals surface area contributed by atoms with Gasteiger partial charge in [0, 0.05) is 13.2 Å². The number of ether oxygens (including phenoxy) is 1. The second-order valence-electron chi connectivity index (χ2n) is 5.13. The highest BCUT2D eigenvalue weighted by atomic mass is 32.2. The van der Waals surface area contributed by atoms with Gasteiger partial charge in [-0.1, -0.05) is 12.1 Å². The molecule has 10 heteroatoms. The first-order chi connectivity index (χ1) is 11.8. The minimum atomic E-state index is -3.86. The Balaban J connectivity index is 1.75. The highest BCUT2D eigenvalue weighted by Crippen LogP contribution is 2.22. The predicted octanol–water partition coefficient (Wildman–Crippen LogP) is 2.25. The second-order valence-corrected chi connectivity index (χ2v) is 6.76. The fourth-order valence-corrected chi connectivity index (χ4v) is 2.98. The van der Waals surface area contributed by atoms with Gasteiger partial charge in [-0.3, -0.25) is 4.72 Å². The van der Waals surface area contributed by atoms with E-state index in [4.69, 9.17) is 4.74 Å². The second kappa shape index (κ2) is 6.48. The van der Waals surface area contributed by atoms with Crippen molar-refractivity contribution in [3.8, 4) is 11.8 Å². The van der Waals surface area contributed by atoms with E-state index in [2.05, 4.69) is 19.7 Å². The number of halogens is 1. The number of aromatic nitrogens is 4. The van der Waals surface area contributed by atoms with Crippen molar-refractivity contribution < 1.29 is 17.5 Å². The summed E-state index contributed by atoms with van der Waals surface area (Å²) >= 11 is 0. The Hall–Kier alpha value is -3.01. The Morgan fingerprint density at radius 2 is 1.88 bits per heavy atom. The molecule has 1 aromatic carbocycles. The minimum absolute atomic E-state index is 0.0280. The zero-order valence-electron chi connectivity index (χ0n) is 13.3. The highest BCUT2D eigenvalue weighted by Gasteiger charge is 2.19. The van der Waals surface area contributed by atoms with Crippen molar-refractivity contribution in [1.29, 1.82) is 0 Å². The molecular weight excluding hydrogens is 349 g/mol. The summed E-state index contributed by atoms with van der Waals surface area (Å²) in [6, 6.07) is 5.70. The lowest BCUT2D eigenvalue weighted by Crippen LogP contribution is -2.14. The number of nitrogens with one attached hydrogen (secondary N) is 1. The van der Waals surface area contributed by atoms with Crippen LogP contribution in [0.5, 0.6) is 11.8 Å². The minimum Gasteiger partial charge on any atom is -0.421 e. The van der Waals surface area contributed by atoms with Crippen LogP contribution in [0.4, 0.5) is 10.1 Å². The van der Waals surface area contributed by atoms with E-state index in [0.717, 1.165) is 0 Å². The summed E-state index contributed by atoms with van der Waals surface area (Å²) in [5.41, 5.74) is 0.129. The molecule has 0 aliphatic carbocycles. The third-order valence-electron chi connectivity index (χ3n) is 3.28. The summed E-state index contributed by atoms with van der Waals surface area (Å²) in [6.45, 7) is 1.69. The van der Waals surface area contributed by atoms with E-state index in [9.17, 15) is 12.8 Å². The third kappa shape index (κ3) is 3.74. The molecule has 3 rings (SSSR count). The van der Waals surface area contributed by atoms with Crippen molar-refractivity contribution in [3.63, 3.8) is 0 Å². The number of benzene rings is 1. The first kappa shape index (κ1) is 16.8. The Morgan fingerprint density at radius 1 is 1.20 bits per heavy atom. The quantitative estimate of drug-likeness (QED) is 0.746. The lowest BCUT2D eigenvalue weighted by molar-refractivity contribution is 0.411. The van der Waals surface area contributed by atoms with E-state index < -0.39 is 15.8 Å². The molecule has 0 amide bonds. The van der Waals surface area contributed by atoms with Crippen molar-refractivity contribution >= 4 is 15.7 Å². The summed E-state index contributed by atoms with van der Waals surface area (Å²) in [5.74, 6) is -0.0218. The Morgan fingerprint density at radius 3 is 2.48 bits per heavy atom. The molecule has 0 fully saturated rings. The van der Waals surface area contributed by atoms with Crippen LogP contribution < -0.4 is 9.46 Å². The fraction of sp³-hybridized carbons (Fsp3) is 0.133. The molecule has 0 aliphatic rings. The smallest absolute Gasteiger partial charge is 0.322 e. The maximum absolute atomic E-state index is 13.5. The third-order valence-corrected chi connectivity index (χ3v) is 4.53. The van der Waals surface area contributed by atoms with Gasteiger partial charge in [-0.15, -0.1) is 0 Å².